The minimum absolute atomic E-state index is 0.289. The molecule has 4 heteroatoms. The summed E-state index contributed by atoms with van der Waals surface area (Å²) in [5, 5.41) is 0. The molecule has 1 aliphatic heterocycles. The van der Waals surface area contributed by atoms with Gasteiger partial charge in [-0.05, 0) is 12.1 Å². The summed E-state index contributed by atoms with van der Waals surface area (Å²) in [5.41, 5.74) is 2.73. The van der Waals surface area contributed by atoms with Crippen LogP contribution in [-0.2, 0) is 9.53 Å². The summed E-state index contributed by atoms with van der Waals surface area (Å²) in [7, 11) is 0. The molecule has 4 nitrogen and oxygen atoms in total. The van der Waals surface area contributed by atoms with Crippen molar-refractivity contribution in [3.05, 3.63) is 36.7 Å². The number of ether oxygens (including phenoxy) is 1. The predicted molar refractivity (Wildman–Crippen MR) is 55.0 cm³/mol. The van der Waals surface area contributed by atoms with Crippen molar-refractivity contribution in [2.75, 3.05) is 6.61 Å². The van der Waals surface area contributed by atoms with Crippen molar-refractivity contribution in [1.29, 1.82) is 0 Å². The maximum absolute atomic E-state index is 11.0. The maximum Gasteiger partial charge on any atom is 0.333 e. The topological polar surface area (TPSA) is 44.1 Å². The molecule has 1 aromatic heterocycles. The van der Waals surface area contributed by atoms with Crippen molar-refractivity contribution in [1.82, 2.24) is 9.55 Å². The summed E-state index contributed by atoms with van der Waals surface area (Å²) in [4.78, 5) is 15.2. The number of nitrogens with zero attached hydrogens (tertiary/aromatic N) is 2. The molecule has 0 saturated heterocycles. The Morgan fingerprint density at radius 2 is 2.20 bits per heavy atom. The van der Waals surface area contributed by atoms with Gasteiger partial charge in [0.15, 0.2) is 0 Å². The van der Waals surface area contributed by atoms with Gasteiger partial charge in [0.2, 0.25) is 0 Å². The number of carbonyl (C=O) groups is 1. The highest BCUT2D eigenvalue weighted by atomic mass is 16.5. The van der Waals surface area contributed by atoms with Crippen molar-refractivity contribution in [2.45, 2.75) is 0 Å². The fourth-order valence-electron chi connectivity index (χ4n) is 1.69. The summed E-state index contributed by atoms with van der Waals surface area (Å²) < 4.78 is 6.73. The van der Waals surface area contributed by atoms with E-state index in [-0.39, 0.29) is 5.97 Å². The number of hydrogen-bond donors (Lipinski definition) is 0. The van der Waals surface area contributed by atoms with E-state index in [1.54, 1.807) is 6.33 Å². The molecule has 15 heavy (non-hydrogen) atoms. The van der Waals surface area contributed by atoms with Gasteiger partial charge in [-0.1, -0.05) is 12.1 Å². The Hall–Kier alpha value is -2.10. The molecule has 0 atom stereocenters. The second kappa shape index (κ2) is 2.95. The first-order valence-electron chi connectivity index (χ1n) is 4.64. The molecule has 0 bridgehead atoms. The number of hydrogen-bond acceptors (Lipinski definition) is 3. The van der Waals surface area contributed by atoms with Crippen molar-refractivity contribution in [3.8, 4) is 0 Å². The molecule has 3 rings (SSSR count). The molecule has 0 amide bonds. The Morgan fingerprint density at radius 3 is 3.00 bits per heavy atom. The fourth-order valence-corrected chi connectivity index (χ4v) is 1.69. The third kappa shape index (κ3) is 1.22. The van der Waals surface area contributed by atoms with Gasteiger partial charge in [-0.3, -0.25) is 4.57 Å². The predicted octanol–water partition coefficient (Wildman–Crippen LogP) is 1.43. The van der Waals surface area contributed by atoms with Crippen LogP contribution < -0.4 is 0 Å². The zero-order valence-corrected chi connectivity index (χ0v) is 7.88. The summed E-state index contributed by atoms with van der Waals surface area (Å²) in [5.74, 6) is -0.289. The standard InChI is InChI=1S/C11H8N2O2/c14-11-5-8(6-15-11)13-7-12-9-3-1-2-4-10(9)13/h1-5,7H,6H2. The highest BCUT2D eigenvalue weighted by Gasteiger charge is 2.15. The average Bonchev–Trinajstić information content (AvgIpc) is 2.83. The second-order valence-electron chi connectivity index (χ2n) is 3.35. The SMILES string of the molecule is O=C1C=C(n2cnc3ccccc32)CO1. The number of aromatic nitrogens is 2. The van der Waals surface area contributed by atoms with Crippen molar-refractivity contribution >= 4 is 22.7 Å². The maximum atomic E-state index is 11.0. The Morgan fingerprint density at radius 1 is 1.33 bits per heavy atom. The minimum atomic E-state index is -0.289. The molecule has 0 saturated carbocycles. The van der Waals surface area contributed by atoms with Crippen LogP contribution in [0, 0.1) is 0 Å². The van der Waals surface area contributed by atoms with E-state index in [4.69, 9.17) is 4.74 Å². The van der Waals surface area contributed by atoms with Crippen LogP contribution >= 0.6 is 0 Å². The van der Waals surface area contributed by atoms with Crippen LogP contribution in [0.2, 0.25) is 0 Å². The van der Waals surface area contributed by atoms with Crippen molar-refractivity contribution in [3.63, 3.8) is 0 Å². The molecule has 0 aliphatic carbocycles. The van der Waals surface area contributed by atoms with Gasteiger partial charge in [0.25, 0.3) is 0 Å². The zero-order chi connectivity index (χ0) is 10.3. The molecule has 1 aliphatic rings. The fraction of sp³-hybridized carbons (Fsp3) is 0.0909. The van der Waals surface area contributed by atoms with Crippen LogP contribution in [-0.4, -0.2) is 22.1 Å². The van der Waals surface area contributed by atoms with Crippen LogP contribution in [0.4, 0.5) is 0 Å². The number of imidazole rings is 1. The van der Waals surface area contributed by atoms with Gasteiger partial charge in [0, 0.05) is 6.08 Å². The Kier molecular flexibility index (Phi) is 1.62. The van der Waals surface area contributed by atoms with E-state index >= 15 is 0 Å². The number of fused-ring (bicyclic) bond motifs is 1. The van der Waals surface area contributed by atoms with Gasteiger partial charge in [-0.25, -0.2) is 9.78 Å². The summed E-state index contributed by atoms with van der Waals surface area (Å²) in [6.45, 7) is 0.319. The largest absolute Gasteiger partial charge is 0.456 e. The lowest BCUT2D eigenvalue weighted by molar-refractivity contribution is -0.134. The van der Waals surface area contributed by atoms with E-state index in [1.165, 1.54) is 6.08 Å². The number of carbonyl (C=O) groups excluding carboxylic acids is 1. The van der Waals surface area contributed by atoms with Crippen LogP contribution in [0.1, 0.15) is 0 Å². The lowest BCUT2D eigenvalue weighted by Crippen LogP contribution is -1.97. The minimum Gasteiger partial charge on any atom is -0.456 e. The lowest BCUT2D eigenvalue weighted by Gasteiger charge is -2.02. The molecule has 0 fully saturated rings. The molecule has 1 aromatic carbocycles. The van der Waals surface area contributed by atoms with Gasteiger partial charge >= 0.3 is 5.97 Å². The first kappa shape index (κ1) is 8.23. The first-order chi connectivity index (χ1) is 7.34. The van der Waals surface area contributed by atoms with E-state index in [2.05, 4.69) is 4.98 Å². The number of para-hydroxylation sites is 2. The van der Waals surface area contributed by atoms with Crippen LogP contribution in [0.15, 0.2) is 36.7 Å². The van der Waals surface area contributed by atoms with Gasteiger partial charge in [0.05, 0.1) is 16.7 Å². The van der Waals surface area contributed by atoms with Gasteiger partial charge in [-0.2, -0.15) is 0 Å². The Bertz CT molecular complexity index is 569. The molecular weight excluding hydrogens is 192 g/mol. The second-order valence-corrected chi connectivity index (χ2v) is 3.35. The molecule has 0 radical (unpaired) electrons. The molecular formula is C11H8N2O2. The monoisotopic (exact) mass is 200 g/mol. The van der Waals surface area contributed by atoms with E-state index < -0.39 is 0 Å². The highest BCUT2D eigenvalue weighted by Crippen LogP contribution is 2.19. The molecule has 74 valence electrons. The molecule has 2 heterocycles. The van der Waals surface area contributed by atoms with Crippen molar-refractivity contribution < 1.29 is 9.53 Å². The third-order valence-corrected chi connectivity index (χ3v) is 2.41. The summed E-state index contributed by atoms with van der Waals surface area (Å²) in [6, 6.07) is 7.78. The van der Waals surface area contributed by atoms with E-state index in [1.807, 2.05) is 28.8 Å². The number of esters is 1. The van der Waals surface area contributed by atoms with E-state index in [9.17, 15) is 4.79 Å². The van der Waals surface area contributed by atoms with Gasteiger partial charge in [0.1, 0.15) is 12.9 Å². The zero-order valence-electron chi connectivity index (χ0n) is 7.88. The van der Waals surface area contributed by atoms with Gasteiger partial charge < -0.3 is 4.74 Å². The highest BCUT2D eigenvalue weighted by molar-refractivity contribution is 5.93. The summed E-state index contributed by atoms with van der Waals surface area (Å²) >= 11 is 0. The third-order valence-electron chi connectivity index (χ3n) is 2.41. The lowest BCUT2D eigenvalue weighted by atomic mass is 10.3. The molecule has 0 N–H and O–H groups in total. The van der Waals surface area contributed by atoms with E-state index in [0.717, 1.165) is 16.7 Å². The smallest absolute Gasteiger partial charge is 0.333 e. The first-order valence-corrected chi connectivity index (χ1v) is 4.64. The summed E-state index contributed by atoms with van der Waals surface area (Å²) in [6.07, 6.45) is 3.20. The van der Waals surface area contributed by atoms with Crippen LogP contribution in [0.3, 0.4) is 0 Å². The number of benzene rings is 1. The molecule has 0 spiro atoms. The normalized spacial score (nSPS) is 15.5. The van der Waals surface area contributed by atoms with Crippen molar-refractivity contribution in [2.24, 2.45) is 0 Å². The molecule has 2 aromatic rings. The number of cyclic esters (lactones) is 1. The Labute approximate surface area is 85.8 Å². The average molecular weight is 200 g/mol. The van der Waals surface area contributed by atoms with Gasteiger partial charge in [-0.15, -0.1) is 0 Å². The Balaban J connectivity index is 2.19. The van der Waals surface area contributed by atoms with Crippen LogP contribution in [0.5, 0.6) is 0 Å². The quantitative estimate of drug-likeness (QED) is 0.654. The van der Waals surface area contributed by atoms with E-state index in [0.29, 0.717) is 6.61 Å². The molecule has 0 unspecified atom stereocenters. The van der Waals surface area contributed by atoms with Crippen LogP contribution in [0.25, 0.3) is 16.7 Å². The number of rotatable bonds is 1.